The van der Waals surface area contributed by atoms with Crippen LogP contribution in [-0.4, -0.2) is 43.4 Å². The molecule has 0 aromatic rings. The third kappa shape index (κ3) is 23.4. The van der Waals surface area contributed by atoms with Crippen LogP contribution in [0.4, 0.5) is 0 Å². The Morgan fingerprint density at radius 3 is 1.57 bits per heavy atom. The van der Waals surface area contributed by atoms with Gasteiger partial charge in [0, 0.05) is 13.1 Å². The quantitative estimate of drug-likeness (QED) is 0.143. The van der Waals surface area contributed by atoms with Crippen LogP contribution in [0.5, 0.6) is 0 Å². The van der Waals surface area contributed by atoms with Crippen LogP contribution in [-0.2, 0) is 4.79 Å². The molecular weight excluding hydrogens is 350 g/mol. The van der Waals surface area contributed by atoms with Crippen molar-refractivity contribution in [1.29, 1.82) is 0 Å². The highest BCUT2D eigenvalue weighted by atomic mass is 16.4. The molecule has 1 atom stereocenters. The van der Waals surface area contributed by atoms with Crippen LogP contribution < -0.4 is 16.0 Å². The highest BCUT2D eigenvalue weighted by Crippen LogP contribution is 2.13. The molecule has 0 fully saturated rings. The van der Waals surface area contributed by atoms with Gasteiger partial charge in [0.05, 0.1) is 12.7 Å². The smallest absolute Gasteiger partial charge is 0.317 e. The second-order valence-electron chi connectivity index (χ2n) is 8.15. The van der Waals surface area contributed by atoms with E-state index in [-0.39, 0.29) is 12.7 Å². The second kappa shape index (κ2) is 22.6. The molecule has 4 N–H and O–H groups in total. The second-order valence-corrected chi connectivity index (χ2v) is 8.15. The fraction of sp³-hybridized carbons (Fsp3) is 0.957. The summed E-state index contributed by atoms with van der Waals surface area (Å²) in [5.41, 5.74) is 0. The minimum absolute atomic E-state index is 0.0304. The SMILES string of the molecule is CCCCCCCCCCCCCCCCCNC(C)NCCNCC(=O)O. The molecule has 5 nitrogen and oxygen atoms in total. The molecule has 1 unspecified atom stereocenters. The first-order chi connectivity index (χ1) is 13.7. The zero-order chi connectivity index (χ0) is 20.7. The van der Waals surface area contributed by atoms with Gasteiger partial charge in [0.25, 0.3) is 0 Å². The van der Waals surface area contributed by atoms with Crippen LogP contribution in [0.2, 0.25) is 0 Å². The van der Waals surface area contributed by atoms with Crippen LogP contribution in [0.1, 0.15) is 110 Å². The number of unbranched alkanes of at least 4 members (excludes halogenated alkanes) is 14. The zero-order valence-electron chi connectivity index (χ0n) is 18.9. The van der Waals surface area contributed by atoms with Crippen LogP contribution in [0.15, 0.2) is 0 Å². The fourth-order valence-electron chi connectivity index (χ4n) is 3.46. The Morgan fingerprint density at radius 1 is 0.679 bits per heavy atom. The summed E-state index contributed by atoms with van der Waals surface area (Å²) in [6.07, 6.45) is 21.3. The van der Waals surface area contributed by atoms with E-state index in [2.05, 4.69) is 29.8 Å². The average Bonchev–Trinajstić information content (AvgIpc) is 2.67. The summed E-state index contributed by atoms with van der Waals surface area (Å²) in [5, 5.41) is 18.2. The summed E-state index contributed by atoms with van der Waals surface area (Å²) in [6.45, 7) is 6.93. The molecule has 0 spiro atoms. The van der Waals surface area contributed by atoms with Gasteiger partial charge in [-0.3, -0.25) is 4.79 Å². The summed E-state index contributed by atoms with van der Waals surface area (Å²) in [4.78, 5) is 10.4. The molecule has 0 aliphatic heterocycles. The number of nitrogens with one attached hydrogen (secondary N) is 3. The van der Waals surface area contributed by atoms with Crippen molar-refractivity contribution in [3.8, 4) is 0 Å². The van der Waals surface area contributed by atoms with Gasteiger partial charge in [0.2, 0.25) is 0 Å². The topological polar surface area (TPSA) is 73.4 Å². The number of carboxylic acid groups (broad SMARTS) is 1. The first-order valence-corrected chi connectivity index (χ1v) is 12.1. The fourth-order valence-corrected chi connectivity index (χ4v) is 3.46. The summed E-state index contributed by atoms with van der Waals surface area (Å²) in [5.74, 6) is -0.806. The number of hydrogen-bond acceptors (Lipinski definition) is 4. The van der Waals surface area contributed by atoms with Gasteiger partial charge in [-0.05, 0) is 19.9 Å². The maximum atomic E-state index is 10.4. The lowest BCUT2D eigenvalue weighted by Gasteiger charge is -2.15. The molecule has 28 heavy (non-hydrogen) atoms. The van der Waals surface area contributed by atoms with Crippen molar-refractivity contribution in [1.82, 2.24) is 16.0 Å². The Labute approximate surface area is 174 Å². The maximum absolute atomic E-state index is 10.4. The Hall–Kier alpha value is -0.650. The minimum Gasteiger partial charge on any atom is -0.480 e. The third-order valence-electron chi connectivity index (χ3n) is 5.26. The predicted molar refractivity (Wildman–Crippen MR) is 121 cm³/mol. The normalized spacial score (nSPS) is 12.4. The van der Waals surface area contributed by atoms with Crippen LogP contribution in [0.3, 0.4) is 0 Å². The van der Waals surface area contributed by atoms with Crippen molar-refractivity contribution < 1.29 is 9.90 Å². The monoisotopic (exact) mass is 399 g/mol. The minimum atomic E-state index is -0.806. The lowest BCUT2D eigenvalue weighted by molar-refractivity contribution is -0.135. The van der Waals surface area contributed by atoms with Gasteiger partial charge >= 0.3 is 5.97 Å². The van der Waals surface area contributed by atoms with Crippen LogP contribution >= 0.6 is 0 Å². The molecule has 168 valence electrons. The van der Waals surface area contributed by atoms with Crippen molar-refractivity contribution in [3.05, 3.63) is 0 Å². The van der Waals surface area contributed by atoms with Gasteiger partial charge in [-0.1, -0.05) is 96.8 Å². The standard InChI is InChI=1S/C23H49N3O2/c1-3-4-5-6-7-8-9-10-11-12-13-14-15-16-17-18-25-22(2)26-20-19-24-21-23(27)28/h22,24-26H,3-21H2,1-2H3,(H,27,28). The predicted octanol–water partition coefficient (Wildman–Crippen LogP) is 5.06. The molecule has 0 heterocycles. The van der Waals surface area contributed by atoms with E-state index in [0.29, 0.717) is 6.54 Å². The molecular formula is C23H49N3O2. The van der Waals surface area contributed by atoms with Gasteiger partial charge in [-0.2, -0.15) is 0 Å². The number of aliphatic carboxylic acids is 1. The van der Waals surface area contributed by atoms with Crippen LogP contribution in [0, 0.1) is 0 Å². The molecule has 0 rings (SSSR count). The van der Waals surface area contributed by atoms with Gasteiger partial charge in [-0.15, -0.1) is 0 Å². The summed E-state index contributed by atoms with van der Waals surface area (Å²) < 4.78 is 0. The molecule has 0 radical (unpaired) electrons. The van der Waals surface area contributed by atoms with E-state index >= 15 is 0 Å². The van der Waals surface area contributed by atoms with Crippen molar-refractivity contribution in [2.45, 2.75) is 116 Å². The van der Waals surface area contributed by atoms with E-state index in [9.17, 15) is 4.79 Å². The first-order valence-electron chi connectivity index (χ1n) is 12.1. The molecule has 5 heteroatoms. The molecule has 0 bridgehead atoms. The summed E-state index contributed by atoms with van der Waals surface area (Å²) in [7, 11) is 0. The Bertz CT molecular complexity index is 327. The van der Waals surface area contributed by atoms with Crippen molar-refractivity contribution in [2.24, 2.45) is 0 Å². The number of carbonyl (C=O) groups is 1. The number of rotatable bonds is 23. The van der Waals surface area contributed by atoms with E-state index in [1.165, 1.54) is 96.3 Å². The maximum Gasteiger partial charge on any atom is 0.317 e. The summed E-state index contributed by atoms with van der Waals surface area (Å²) in [6, 6.07) is 0. The van der Waals surface area contributed by atoms with Gasteiger partial charge < -0.3 is 21.1 Å². The Balaban J connectivity index is 3.12. The summed E-state index contributed by atoms with van der Waals surface area (Å²) >= 11 is 0. The lowest BCUT2D eigenvalue weighted by Crippen LogP contribution is -2.43. The van der Waals surface area contributed by atoms with Crippen molar-refractivity contribution >= 4 is 5.97 Å². The lowest BCUT2D eigenvalue weighted by atomic mass is 10.0. The van der Waals surface area contributed by atoms with E-state index in [1.54, 1.807) is 0 Å². The highest BCUT2D eigenvalue weighted by Gasteiger charge is 2.00. The Kier molecular flexibility index (Phi) is 22.1. The molecule has 0 amide bonds. The Morgan fingerprint density at radius 2 is 1.11 bits per heavy atom. The molecule has 0 aliphatic carbocycles. The molecule has 0 saturated heterocycles. The zero-order valence-corrected chi connectivity index (χ0v) is 18.9. The third-order valence-corrected chi connectivity index (χ3v) is 5.26. The van der Waals surface area contributed by atoms with Crippen molar-refractivity contribution in [3.63, 3.8) is 0 Å². The van der Waals surface area contributed by atoms with Gasteiger partial charge in [0.15, 0.2) is 0 Å². The molecule has 0 aromatic heterocycles. The highest BCUT2D eigenvalue weighted by molar-refractivity contribution is 5.68. The van der Waals surface area contributed by atoms with Crippen molar-refractivity contribution in [2.75, 3.05) is 26.2 Å². The number of hydrogen-bond donors (Lipinski definition) is 4. The largest absolute Gasteiger partial charge is 0.480 e. The van der Waals surface area contributed by atoms with E-state index in [1.807, 2.05) is 0 Å². The van der Waals surface area contributed by atoms with Gasteiger partial charge in [-0.25, -0.2) is 0 Å². The molecule has 0 aromatic carbocycles. The van der Waals surface area contributed by atoms with E-state index in [0.717, 1.165) is 13.1 Å². The molecule has 0 saturated carbocycles. The van der Waals surface area contributed by atoms with E-state index in [4.69, 9.17) is 5.11 Å². The van der Waals surface area contributed by atoms with Gasteiger partial charge in [0.1, 0.15) is 0 Å². The van der Waals surface area contributed by atoms with E-state index < -0.39 is 5.97 Å². The number of carboxylic acids is 1. The first kappa shape index (κ1) is 27.4. The van der Waals surface area contributed by atoms with Crippen LogP contribution in [0.25, 0.3) is 0 Å². The average molecular weight is 400 g/mol. The molecule has 0 aliphatic rings.